The molecule has 2 aromatic carbocycles. The molecule has 0 bridgehead atoms. The highest BCUT2D eigenvalue weighted by Gasteiger charge is 1.97. The minimum atomic E-state index is 0.320. The van der Waals surface area contributed by atoms with Gasteiger partial charge in [-0.25, -0.2) is 0 Å². The fourth-order valence-electron chi connectivity index (χ4n) is 1.84. The molecule has 0 saturated heterocycles. The van der Waals surface area contributed by atoms with Crippen molar-refractivity contribution in [1.29, 1.82) is 0 Å². The second-order valence-corrected chi connectivity index (χ2v) is 5.31. The van der Waals surface area contributed by atoms with Gasteiger partial charge in [0, 0.05) is 11.5 Å². The van der Waals surface area contributed by atoms with Crippen molar-refractivity contribution in [2.45, 2.75) is 24.2 Å². The van der Waals surface area contributed by atoms with Crippen molar-refractivity contribution in [3.05, 3.63) is 42.5 Å². The second-order valence-electron chi connectivity index (χ2n) is 4.14. The van der Waals surface area contributed by atoms with Crippen LogP contribution in [-0.4, -0.2) is 17.5 Å². The molecular formula is C15H18OS. The molecule has 17 heavy (non-hydrogen) atoms. The van der Waals surface area contributed by atoms with Gasteiger partial charge in [-0.3, -0.25) is 0 Å². The van der Waals surface area contributed by atoms with Crippen LogP contribution in [-0.2, 0) is 0 Å². The summed E-state index contributed by atoms with van der Waals surface area (Å²) in [6.45, 7) is 0.320. The van der Waals surface area contributed by atoms with Gasteiger partial charge in [0.25, 0.3) is 0 Å². The maximum Gasteiger partial charge on any atom is 0.0431 e. The van der Waals surface area contributed by atoms with E-state index >= 15 is 0 Å². The lowest BCUT2D eigenvalue weighted by Crippen LogP contribution is -1.85. The molecule has 90 valence electrons. The number of thioether (sulfide) groups is 1. The molecule has 2 rings (SSSR count). The molecule has 2 aromatic rings. The number of aliphatic hydroxyl groups excluding tert-OH is 1. The lowest BCUT2D eigenvalue weighted by molar-refractivity contribution is 0.284. The highest BCUT2D eigenvalue weighted by atomic mass is 32.2. The molecule has 0 aliphatic carbocycles. The van der Waals surface area contributed by atoms with Crippen LogP contribution < -0.4 is 0 Å². The number of rotatable bonds is 6. The molecule has 0 aromatic heterocycles. The van der Waals surface area contributed by atoms with Crippen LogP contribution in [0.2, 0.25) is 0 Å². The van der Waals surface area contributed by atoms with Crippen LogP contribution in [0.4, 0.5) is 0 Å². The quantitative estimate of drug-likeness (QED) is 0.612. The predicted molar refractivity (Wildman–Crippen MR) is 75.6 cm³/mol. The number of unbranched alkanes of at least 4 members (excludes halogenated alkanes) is 2. The fourth-order valence-corrected chi connectivity index (χ4v) is 2.80. The van der Waals surface area contributed by atoms with Crippen molar-refractivity contribution >= 4 is 22.5 Å². The molecule has 1 N–H and O–H groups in total. The molecule has 0 amide bonds. The predicted octanol–water partition coefficient (Wildman–Crippen LogP) is 4.09. The monoisotopic (exact) mass is 246 g/mol. The first-order valence-electron chi connectivity index (χ1n) is 6.12. The normalized spacial score (nSPS) is 10.9. The van der Waals surface area contributed by atoms with Gasteiger partial charge in [0.15, 0.2) is 0 Å². The van der Waals surface area contributed by atoms with E-state index in [0.29, 0.717) is 6.61 Å². The summed E-state index contributed by atoms with van der Waals surface area (Å²) in [5, 5.41) is 11.3. The van der Waals surface area contributed by atoms with Gasteiger partial charge in [0.05, 0.1) is 0 Å². The molecule has 0 aliphatic rings. The van der Waals surface area contributed by atoms with Crippen molar-refractivity contribution in [2.24, 2.45) is 0 Å². The van der Waals surface area contributed by atoms with E-state index in [4.69, 9.17) is 5.11 Å². The Morgan fingerprint density at radius 3 is 2.53 bits per heavy atom. The molecule has 0 heterocycles. The van der Waals surface area contributed by atoms with E-state index in [-0.39, 0.29) is 0 Å². The maximum atomic E-state index is 8.69. The number of fused-ring (bicyclic) bond motifs is 1. The zero-order valence-electron chi connectivity index (χ0n) is 9.93. The van der Waals surface area contributed by atoms with Gasteiger partial charge in [0.1, 0.15) is 0 Å². The van der Waals surface area contributed by atoms with E-state index in [9.17, 15) is 0 Å². The van der Waals surface area contributed by atoms with Crippen LogP contribution in [0.3, 0.4) is 0 Å². The van der Waals surface area contributed by atoms with Crippen molar-refractivity contribution < 1.29 is 5.11 Å². The van der Waals surface area contributed by atoms with E-state index in [1.807, 2.05) is 11.8 Å². The molecule has 0 aliphatic heterocycles. The van der Waals surface area contributed by atoms with Crippen LogP contribution >= 0.6 is 11.8 Å². The number of aliphatic hydroxyl groups is 1. The van der Waals surface area contributed by atoms with Gasteiger partial charge in [-0.1, -0.05) is 36.8 Å². The number of hydrogen-bond acceptors (Lipinski definition) is 2. The minimum absolute atomic E-state index is 0.320. The van der Waals surface area contributed by atoms with Gasteiger partial charge in [0.2, 0.25) is 0 Å². The zero-order chi connectivity index (χ0) is 11.9. The highest BCUT2D eigenvalue weighted by Crippen LogP contribution is 2.24. The molecule has 1 nitrogen and oxygen atoms in total. The smallest absolute Gasteiger partial charge is 0.0431 e. The first-order chi connectivity index (χ1) is 8.40. The number of hydrogen-bond donors (Lipinski definition) is 1. The lowest BCUT2D eigenvalue weighted by Gasteiger charge is -2.03. The van der Waals surface area contributed by atoms with Crippen molar-refractivity contribution in [1.82, 2.24) is 0 Å². The summed E-state index contributed by atoms with van der Waals surface area (Å²) in [6, 6.07) is 15.1. The van der Waals surface area contributed by atoms with Crippen LogP contribution in [0, 0.1) is 0 Å². The Morgan fingerprint density at radius 1 is 0.882 bits per heavy atom. The first kappa shape index (κ1) is 12.5. The van der Waals surface area contributed by atoms with Gasteiger partial charge in [-0.15, -0.1) is 11.8 Å². The third kappa shape index (κ3) is 3.76. The van der Waals surface area contributed by atoms with Crippen molar-refractivity contribution in [3.63, 3.8) is 0 Å². The lowest BCUT2D eigenvalue weighted by atomic mass is 10.1. The summed E-state index contributed by atoms with van der Waals surface area (Å²) in [7, 11) is 0. The Hall–Kier alpha value is -0.990. The van der Waals surface area contributed by atoms with Crippen molar-refractivity contribution in [3.8, 4) is 0 Å². The Kier molecular flexibility index (Phi) is 4.89. The summed E-state index contributed by atoms with van der Waals surface area (Å²) in [4.78, 5) is 1.34. The maximum absolute atomic E-state index is 8.69. The largest absolute Gasteiger partial charge is 0.396 e. The van der Waals surface area contributed by atoms with Crippen LogP contribution in [0.5, 0.6) is 0 Å². The van der Waals surface area contributed by atoms with Gasteiger partial charge in [-0.2, -0.15) is 0 Å². The average molecular weight is 246 g/mol. The van der Waals surface area contributed by atoms with Crippen molar-refractivity contribution in [2.75, 3.05) is 12.4 Å². The molecule has 0 atom stereocenters. The third-order valence-electron chi connectivity index (χ3n) is 2.79. The minimum Gasteiger partial charge on any atom is -0.396 e. The number of benzene rings is 2. The summed E-state index contributed by atoms with van der Waals surface area (Å²) in [5.41, 5.74) is 0. The van der Waals surface area contributed by atoms with E-state index in [0.717, 1.165) is 18.6 Å². The van der Waals surface area contributed by atoms with Gasteiger partial charge >= 0.3 is 0 Å². The summed E-state index contributed by atoms with van der Waals surface area (Å²) in [6.07, 6.45) is 3.23. The van der Waals surface area contributed by atoms with E-state index in [1.54, 1.807) is 0 Å². The van der Waals surface area contributed by atoms with E-state index in [2.05, 4.69) is 42.5 Å². The summed E-state index contributed by atoms with van der Waals surface area (Å²) < 4.78 is 0. The summed E-state index contributed by atoms with van der Waals surface area (Å²) in [5.74, 6) is 1.14. The SMILES string of the molecule is OCCCCCSc1ccc2ccccc2c1. The fraction of sp³-hybridized carbons (Fsp3) is 0.333. The second kappa shape index (κ2) is 6.67. The van der Waals surface area contributed by atoms with E-state index < -0.39 is 0 Å². The molecule has 0 fully saturated rings. The molecule has 0 spiro atoms. The Morgan fingerprint density at radius 2 is 1.71 bits per heavy atom. The van der Waals surface area contributed by atoms with E-state index in [1.165, 1.54) is 22.1 Å². The average Bonchev–Trinajstić information content (AvgIpc) is 2.38. The molecule has 0 unspecified atom stereocenters. The molecular weight excluding hydrogens is 228 g/mol. The topological polar surface area (TPSA) is 20.2 Å². The van der Waals surface area contributed by atoms with Crippen LogP contribution in [0.1, 0.15) is 19.3 Å². The van der Waals surface area contributed by atoms with Crippen LogP contribution in [0.15, 0.2) is 47.4 Å². The third-order valence-corrected chi connectivity index (χ3v) is 3.87. The summed E-state index contributed by atoms with van der Waals surface area (Å²) >= 11 is 1.90. The Balaban J connectivity index is 1.90. The first-order valence-corrected chi connectivity index (χ1v) is 7.11. The van der Waals surface area contributed by atoms with Gasteiger partial charge < -0.3 is 5.11 Å². The molecule has 0 radical (unpaired) electrons. The van der Waals surface area contributed by atoms with Gasteiger partial charge in [-0.05, 0) is 41.5 Å². The molecule has 0 saturated carbocycles. The Labute approximate surface area is 107 Å². The standard InChI is InChI=1S/C15H18OS/c16-10-4-1-5-11-17-15-9-8-13-6-2-3-7-14(13)12-15/h2-3,6-9,12,16H,1,4-5,10-11H2. The Bertz CT molecular complexity index is 467. The highest BCUT2D eigenvalue weighted by molar-refractivity contribution is 7.99. The zero-order valence-corrected chi connectivity index (χ0v) is 10.7. The van der Waals surface area contributed by atoms with Crippen LogP contribution in [0.25, 0.3) is 10.8 Å². The molecule has 2 heteroatoms.